The molecule has 3 nitrogen and oxygen atoms in total. The van der Waals surface area contributed by atoms with Gasteiger partial charge in [-0.1, -0.05) is 11.6 Å². The summed E-state index contributed by atoms with van der Waals surface area (Å²) in [6, 6.07) is 5.69. The monoisotopic (exact) mass is 220 g/mol. The number of anilines is 2. The van der Waals surface area contributed by atoms with E-state index in [2.05, 4.69) is 25.2 Å². The molecule has 0 aliphatic rings. The van der Waals surface area contributed by atoms with Gasteiger partial charge >= 0.3 is 0 Å². The first kappa shape index (κ1) is 12.4. The van der Waals surface area contributed by atoms with Crippen molar-refractivity contribution in [2.24, 2.45) is 0 Å². The zero-order valence-corrected chi connectivity index (χ0v) is 10.2. The Balaban J connectivity index is 2.68. The predicted octanol–water partition coefficient (Wildman–Crippen LogP) is 3.05. The fourth-order valence-electron chi connectivity index (χ4n) is 1.35. The van der Waals surface area contributed by atoms with E-state index in [1.807, 2.05) is 25.1 Å². The van der Waals surface area contributed by atoms with Crippen LogP contribution in [0.15, 0.2) is 29.8 Å². The molecule has 0 aliphatic carbocycles. The van der Waals surface area contributed by atoms with Crippen LogP contribution in [0, 0.1) is 0 Å². The molecular formula is C13H20N2O. The van der Waals surface area contributed by atoms with Crippen LogP contribution in [-0.4, -0.2) is 13.2 Å². The molecule has 0 spiro atoms. The molecule has 1 aromatic rings. The van der Waals surface area contributed by atoms with E-state index < -0.39 is 0 Å². The highest BCUT2D eigenvalue weighted by Crippen LogP contribution is 2.22. The van der Waals surface area contributed by atoms with Crippen LogP contribution >= 0.6 is 0 Å². The van der Waals surface area contributed by atoms with Gasteiger partial charge in [-0.15, -0.1) is 0 Å². The summed E-state index contributed by atoms with van der Waals surface area (Å²) in [4.78, 5) is 0. The maximum absolute atomic E-state index is 5.79. The first-order chi connectivity index (χ1) is 7.61. The minimum absolute atomic E-state index is 0.650. The maximum Gasteiger partial charge on any atom is 0.123 e. The summed E-state index contributed by atoms with van der Waals surface area (Å²) in [5.41, 5.74) is 8.78. The molecule has 0 bridgehead atoms. The topological polar surface area (TPSA) is 47.3 Å². The lowest BCUT2D eigenvalue weighted by Gasteiger charge is -2.09. The molecule has 16 heavy (non-hydrogen) atoms. The molecule has 88 valence electrons. The SMILES string of the molecule is CCOc1cc(N)cc(NCC=C(C)C)c1. The molecule has 3 N–H and O–H groups in total. The second-order valence-corrected chi connectivity index (χ2v) is 3.89. The zero-order chi connectivity index (χ0) is 12.0. The van der Waals surface area contributed by atoms with Gasteiger partial charge in [0.2, 0.25) is 0 Å². The Labute approximate surface area is 97.3 Å². The number of rotatable bonds is 5. The van der Waals surface area contributed by atoms with Gasteiger partial charge in [0, 0.05) is 30.1 Å². The van der Waals surface area contributed by atoms with Crippen LogP contribution in [0.3, 0.4) is 0 Å². The molecule has 1 aromatic carbocycles. The number of hydrogen-bond acceptors (Lipinski definition) is 3. The van der Waals surface area contributed by atoms with E-state index in [1.54, 1.807) is 0 Å². The summed E-state index contributed by atoms with van der Waals surface area (Å²) in [5.74, 6) is 0.808. The molecule has 3 heteroatoms. The largest absolute Gasteiger partial charge is 0.494 e. The van der Waals surface area contributed by atoms with Gasteiger partial charge in [0.25, 0.3) is 0 Å². The van der Waals surface area contributed by atoms with Crippen LogP contribution in [0.2, 0.25) is 0 Å². The molecule has 0 radical (unpaired) electrons. The average Bonchev–Trinajstić information content (AvgIpc) is 2.16. The Bertz CT molecular complexity index is 368. The third-order valence-electron chi connectivity index (χ3n) is 2.06. The Morgan fingerprint density at radius 3 is 2.75 bits per heavy atom. The van der Waals surface area contributed by atoms with Crippen LogP contribution in [0.1, 0.15) is 20.8 Å². The third kappa shape index (κ3) is 4.26. The molecule has 1 rings (SSSR count). The highest BCUT2D eigenvalue weighted by molar-refractivity contribution is 5.59. The van der Waals surface area contributed by atoms with Crippen molar-refractivity contribution in [3.63, 3.8) is 0 Å². The van der Waals surface area contributed by atoms with E-state index in [-0.39, 0.29) is 0 Å². The zero-order valence-electron chi connectivity index (χ0n) is 10.2. The lowest BCUT2D eigenvalue weighted by Crippen LogP contribution is -2.01. The van der Waals surface area contributed by atoms with E-state index >= 15 is 0 Å². The fraction of sp³-hybridized carbons (Fsp3) is 0.385. The van der Waals surface area contributed by atoms with E-state index in [4.69, 9.17) is 10.5 Å². The number of nitrogens with two attached hydrogens (primary N) is 1. The van der Waals surface area contributed by atoms with E-state index in [0.717, 1.165) is 18.0 Å². The quantitative estimate of drug-likeness (QED) is 0.592. The van der Waals surface area contributed by atoms with Crippen molar-refractivity contribution in [3.8, 4) is 5.75 Å². The smallest absolute Gasteiger partial charge is 0.123 e. The van der Waals surface area contributed by atoms with Gasteiger partial charge < -0.3 is 15.8 Å². The van der Waals surface area contributed by atoms with E-state index in [0.29, 0.717) is 12.3 Å². The van der Waals surface area contributed by atoms with Gasteiger partial charge in [0.05, 0.1) is 6.61 Å². The Kier molecular flexibility index (Phi) is 4.70. The van der Waals surface area contributed by atoms with Gasteiger partial charge in [-0.25, -0.2) is 0 Å². The summed E-state index contributed by atoms with van der Waals surface area (Å²) in [5, 5.41) is 3.28. The third-order valence-corrected chi connectivity index (χ3v) is 2.06. The first-order valence-electron chi connectivity index (χ1n) is 5.52. The van der Waals surface area contributed by atoms with E-state index in [1.165, 1.54) is 5.57 Å². The van der Waals surface area contributed by atoms with Crippen molar-refractivity contribution in [1.29, 1.82) is 0 Å². The summed E-state index contributed by atoms with van der Waals surface area (Å²) in [7, 11) is 0. The molecule has 0 saturated carbocycles. The average molecular weight is 220 g/mol. The van der Waals surface area contributed by atoms with Crippen molar-refractivity contribution in [1.82, 2.24) is 0 Å². The van der Waals surface area contributed by atoms with Crippen molar-refractivity contribution < 1.29 is 4.74 Å². The molecule has 0 saturated heterocycles. The summed E-state index contributed by atoms with van der Waals surface area (Å²) in [6.07, 6.45) is 2.13. The standard InChI is InChI=1S/C13H20N2O/c1-4-16-13-8-11(14)7-12(9-13)15-6-5-10(2)3/h5,7-9,15H,4,6,14H2,1-3H3. The van der Waals surface area contributed by atoms with Gasteiger partial charge in [-0.3, -0.25) is 0 Å². The number of nitrogens with one attached hydrogen (secondary N) is 1. The lowest BCUT2D eigenvalue weighted by atomic mass is 10.2. The lowest BCUT2D eigenvalue weighted by molar-refractivity contribution is 0.340. The van der Waals surface area contributed by atoms with Crippen molar-refractivity contribution >= 4 is 11.4 Å². The molecule has 0 aliphatic heterocycles. The van der Waals surface area contributed by atoms with Crippen LogP contribution in [0.4, 0.5) is 11.4 Å². The number of ether oxygens (including phenoxy) is 1. The van der Waals surface area contributed by atoms with Gasteiger partial charge in [0.15, 0.2) is 0 Å². The number of hydrogen-bond donors (Lipinski definition) is 2. The van der Waals surface area contributed by atoms with Gasteiger partial charge in [0.1, 0.15) is 5.75 Å². The summed E-state index contributed by atoms with van der Waals surface area (Å²) >= 11 is 0. The summed E-state index contributed by atoms with van der Waals surface area (Å²) < 4.78 is 5.42. The second-order valence-electron chi connectivity index (χ2n) is 3.89. The highest BCUT2D eigenvalue weighted by Gasteiger charge is 1.98. The van der Waals surface area contributed by atoms with Gasteiger partial charge in [-0.2, -0.15) is 0 Å². The highest BCUT2D eigenvalue weighted by atomic mass is 16.5. The molecule has 0 amide bonds. The van der Waals surface area contributed by atoms with E-state index in [9.17, 15) is 0 Å². The molecule has 0 aromatic heterocycles. The van der Waals surface area contributed by atoms with Gasteiger partial charge in [-0.05, 0) is 26.8 Å². The fourth-order valence-corrected chi connectivity index (χ4v) is 1.35. The molecular weight excluding hydrogens is 200 g/mol. The second kappa shape index (κ2) is 6.05. The van der Waals surface area contributed by atoms with Crippen LogP contribution in [0.25, 0.3) is 0 Å². The normalized spacial score (nSPS) is 9.69. The minimum atomic E-state index is 0.650. The number of nitrogen functional groups attached to an aromatic ring is 1. The van der Waals surface area contributed by atoms with Crippen LogP contribution in [-0.2, 0) is 0 Å². The Hall–Kier alpha value is -1.64. The Morgan fingerprint density at radius 1 is 1.38 bits per heavy atom. The first-order valence-corrected chi connectivity index (χ1v) is 5.52. The maximum atomic E-state index is 5.79. The van der Waals surface area contributed by atoms with Crippen molar-refractivity contribution in [2.45, 2.75) is 20.8 Å². The summed E-state index contributed by atoms with van der Waals surface area (Å²) in [6.45, 7) is 7.56. The minimum Gasteiger partial charge on any atom is -0.494 e. The van der Waals surface area contributed by atoms with Crippen LogP contribution in [0.5, 0.6) is 5.75 Å². The molecule has 0 heterocycles. The van der Waals surface area contributed by atoms with Crippen molar-refractivity contribution in [2.75, 3.05) is 24.2 Å². The predicted molar refractivity (Wildman–Crippen MR) is 69.9 cm³/mol. The molecule has 0 fully saturated rings. The number of allylic oxidation sites excluding steroid dienone is 1. The Morgan fingerprint density at radius 2 is 2.12 bits per heavy atom. The molecule has 0 unspecified atom stereocenters. The van der Waals surface area contributed by atoms with Crippen LogP contribution < -0.4 is 15.8 Å². The van der Waals surface area contributed by atoms with Crippen molar-refractivity contribution in [3.05, 3.63) is 29.8 Å². The number of benzene rings is 1. The molecule has 0 atom stereocenters.